The van der Waals surface area contributed by atoms with E-state index in [1.165, 1.54) is 19.9 Å². The van der Waals surface area contributed by atoms with Gasteiger partial charge in [0.25, 0.3) is 5.41 Å². The fraction of sp³-hybridized carbons (Fsp3) is 0.500. The number of carboxylic acid groups (broad SMARTS) is 5. The van der Waals surface area contributed by atoms with E-state index in [0.29, 0.717) is 6.42 Å². The highest BCUT2D eigenvalue weighted by Crippen LogP contribution is 2.32. The van der Waals surface area contributed by atoms with Gasteiger partial charge in [-0.25, -0.2) is 4.79 Å². The van der Waals surface area contributed by atoms with Crippen molar-refractivity contribution in [2.45, 2.75) is 26.7 Å². The van der Waals surface area contributed by atoms with Crippen molar-refractivity contribution in [2.24, 2.45) is 11.3 Å². The number of carboxylic acids is 5. The summed E-state index contributed by atoms with van der Waals surface area (Å²) < 4.78 is 0. The molecule has 0 spiro atoms. The normalized spacial score (nSPS) is 12.4. The fourth-order valence-corrected chi connectivity index (χ4v) is 1.76. The van der Waals surface area contributed by atoms with E-state index in [0.717, 1.165) is 0 Å². The van der Waals surface area contributed by atoms with E-state index < -0.39 is 47.6 Å². The molecule has 0 saturated heterocycles. The van der Waals surface area contributed by atoms with Gasteiger partial charge in [-0.1, -0.05) is 13.0 Å². The molecule has 0 aliphatic heterocycles. The maximum atomic E-state index is 10.8. The van der Waals surface area contributed by atoms with E-state index in [2.05, 4.69) is 0 Å². The summed E-state index contributed by atoms with van der Waals surface area (Å²) in [7, 11) is 0. The number of aliphatic carboxylic acids is 5. The molecule has 0 bridgehead atoms. The van der Waals surface area contributed by atoms with Gasteiger partial charge in [-0.3, -0.25) is 19.2 Å². The van der Waals surface area contributed by atoms with Gasteiger partial charge in [-0.15, -0.1) is 0 Å². The van der Waals surface area contributed by atoms with Crippen molar-refractivity contribution in [3.63, 3.8) is 0 Å². The Morgan fingerprint density at radius 2 is 1.32 bits per heavy atom. The number of carbonyl (C=O) groups is 5. The number of rotatable bonds is 9. The van der Waals surface area contributed by atoms with Gasteiger partial charge in [0.2, 0.25) is 0 Å². The minimum absolute atomic E-state index is 0.00458. The average Bonchev–Trinajstić information content (AvgIpc) is 2.48. The summed E-state index contributed by atoms with van der Waals surface area (Å²) in [6.07, 6.45) is 1.47. The van der Waals surface area contributed by atoms with E-state index in [1.807, 2.05) is 0 Å². The fourth-order valence-electron chi connectivity index (χ4n) is 1.76. The van der Waals surface area contributed by atoms with Gasteiger partial charge < -0.3 is 30.6 Å². The molecule has 0 amide bonds. The molecule has 142 valence electrons. The zero-order chi connectivity index (χ0) is 20.4. The summed E-state index contributed by atoms with van der Waals surface area (Å²) in [6, 6.07) is 0. The molecule has 0 aromatic heterocycles. The van der Waals surface area contributed by atoms with Crippen molar-refractivity contribution >= 4 is 29.8 Å². The zero-order valence-corrected chi connectivity index (χ0v) is 13.5. The van der Waals surface area contributed by atoms with Gasteiger partial charge in [0, 0.05) is 12.2 Å². The van der Waals surface area contributed by atoms with Crippen LogP contribution in [-0.4, -0.2) is 67.1 Å². The van der Waals surface area contributed by atoms with Crippen LogP contribution in [0.15, 0.2) is 11.6 Å². The SMILES string of the molecule is CC(=CCCO)C(=O)O.CCC(C(=O)O)C(C(=O)O)(C(=O)O)C(=O)O. The monoisotopic (exact) mass is 364 g/mol. The second-order valence-corrected chi connectivity index (χ2v) is 4.73. The van der Waals surface area contributed by atoms with Crippen LogP contribution < -0.4 is 0 Å². The Labute approximate surface area is 141 Å². The van der Waals surface area contributed by atoms with Crippen LogP contribution >= 0.6 is 0 Å². The van der Waals surface area contributed by atoms with Crippen molar-refractivity contribution < 1.29 is 54.6 Å². The Balaban J connectivity index is 0. The first-order chi connectivity index (χ1) is 11.4. The lowest BCUT2D eigenvalue weighted by Gasteiger charge is -2.25. The molecule has 0 saturated carbocycles. The van der Waals surface area contributed by atoms with Gasteiger partial charge in [-0.05, 0) is 19.8 Å². The van der Waals surface area contributed by atoms with Crippen LogP contribution in [0.3, 0.4) is 0 Å². The first kappa shape index (κ1) is 24.3. The third kappa shape index (κ3) is 6.22. The van der Waals surface area contributed by atoms with Gasteiger partial charge in [-0.2, -0.15) is 0 Å². The average molecular weight is 364 g/mol. The summed E-state index contributed by atoms with van der Waals surface area (Å²) in [5, 5.41) is 51.3. The second kappa shape index (κ2) is 10.8. The van der Waals surface area contributed by atoms with Crippen molar-refractivity contribution in [3.05, 3.63) is 11.6 Å². The van der Waals surface area contributed by atoms with E-state index in [9.17, 15) is 24.0 Å². The van der Waals surface area contributed by atoms with Crippen molar-refractivity contribution in [3.8, 4) is 0 Å². The first-order valence-electron chi connectivity index (χ1n) is 6.84. The van der Waals surface area contributed by atoms with Gasteiger partial charge in [0.05, 0.1) is 5.92 Å². The highest BCUT2D eigenvalue weighted by atomic mass is 16.4. The molecule has 6 N–H and O–H groups in total. The third-order valence-corrected chi connectivity index (χ3v) is 3.16. The van der Waals surface area contributed by atoms with Crippen LogP contribution in [0.1, 0.15) is 26.7 Å². The third-order valence-electron chi connectivity index (χ3n) is 3.16. The molecule has 0 aromatic carbocycles. The Hall–Kier alpha value is -2.95. The molecule has 0 radical (unpaired) electrons. The van der Waals surface area contributed by atoms with Gasteiger partial charge in [0.15, 0.2) is 0 Å². The Bertz CT molecular complexity index is 525. The molecule has 25 heavy (non-hydrogen) atoms. The highest BCUT2D eigenvalue weighted by molar-refractivity contribution is 6.18. The molecule has 0 aliphatic rings. The molecular weight excluding hydrogens is 344 g/mol. The van der Waals surface area contributed by atoms with E-state index in [1.54, 1.807) is 0 Å². The Morgan fingerprint density at radius 3 is 1.48 bits per heavy atom. The lowest BCUT2D eigenvalue weighted by atomic mass is 9.74. The van der Waals surface area contributed by atoms with Crippen LogP contribution in [0, 0.1) is 11.3 Å². The predicted octanol–water partition coefficient (Wildman–Crippen LogP) is -0.263. The van der Waals surface area contributed by atoms with Crippen LogP contribution in [-0.2, 0) is 24.0 Å². The molecule has 11 heteroatoms. The lowest BCUT2D eigenvalue weighted by Crippen LogP contribution is -2.54. The second-order valence-electron chi connectivity index (χ2n) is 4.73. The van der Waals surface area contributed by atoms with Crippen LogP contribution in [0.2, 0.25) is 0 Å². The van der Waals surface area contributed by atoms with Crippen LogP contribution in [0.5, 0.6) is 0 Å². The predicted molar refractivity (Wildman–Crippen MR) is 79.9 cm³/mol. The number of hydrogen-bond acceptors (Lipinski definition) is 6. The Kier molecular flexibility index (Phi) is 10.5. The molecule has 11 nitrogen and oxygen atoms in total. The van der Waals surface area contributed by atoms with Crippen molar-refractivity contribution in [1.82, 2.24) is 0 Å². The molecule has 0 aromatic rings. The van der Waals surface area contributed by atoms with E-state index >= 15 is 0 Å². The molecular formula is C14H20O11. The summed E-state index contributed by atoms with van der Waals surface area (Å²) in [5.41, 5.74) is -3.08. The highest BCUT2D eigenvalue weighted by Gasteiger charge is 2.62. The summed E-state index contributed by atoms with van der Waals surface area (Å²) in [4.78, 5) is 53.1. The van der Waals surface area contributed by atoms with E-state index in [4.69, 9.17) is 30.6 Å². The zero-order valence-electron chi connectivity index (χ0n) is 13.5. The quantitative estimate of drug-likeness (QED) is 0.232. The van der Waals surface area contributed by atoms with Gasteiger partial charge >= 0.3 is 29.8 Å². The van der Waals surface area contributed by atoms with Crippen molar-refractivity contribution in [2.75, 3.05) is 6.61 Å². The van der Waals surface area contributed by atoms with Crippen LogP contribution in [0.4, 0.5) is 0 Å². The first-order valence-corrected chi connectivity index (χ1v) is 6.84. The van der Waals surface area contributed by atoms with Gasteiger partial charge in [0.1, 0.15) is 0 Å². The molecule has 0 heterocycles. The molecule has 0 rings (SSSR count). The summed E-state index contributed by atoms with van der Waals surface area (Å²) >= 11 is 0. The molecule has 1 unspecified atom stereocenters. The number of aliphatic hydroxyl groups excluding tert-OH is 1. The van der Waals surface area contributed by atoms with Crippen molar-refractivity contribution in [1.29, 1.82) is 0 Å². The largest absolute Gasteiger partial charge is 0.481 e. The van der Waals surface area contributed by atoms with Crippen LogP contribution in [0.25, 0.3) is 0 Å². The molecule has 1 atom stereocenters. The summed E-state index contributed by atoms with van der Waals surface area (Å²) in [6.45, 7) is 2.70. The smallest absolute Gasteiger partial charge is 0.333 e. The number of aliphatic hydroxyl groups is 1. The maximum Gasteiger partial charge on any atom is 0.333 e. The maximum absolute atomic E-state index is 10.8. The molecule has 0 fully saturated rings. The Morgan fingerprint density at radius 1 is 0.920 bits per heavy atom. The number of hydrogen-bond donors (Lipinski definition) is 6. The topological polar surface area (TPSA) is 207 Å². The minimum atomic E-state index is -3.36. The lowest BCUT2D eigenvalue weighted by molar-refractivity contribution is -0.185. The standard InChI is InChI=1S/C8H10O8.C6H10O3/c1-2-3(4(9)10)8(5(11)12,6(13)14)7(15)16;1-5(6(8)9)3-2-4-7/h3H,2H2,1H3,(H,9,10)(H,11,12)(H,13,14)(H,15,16);3,7H,2,4H2,1H3,(H,8,9). The molecule has 0 aliphatic carbocycles. The summed E-state index contributed by atoms with van der Waals surface area (Å²) in [5.74, 6) is -11.4. The van der Waals surface area contributed by atoms with E-state index in [-0.39, 0.29) is 12.2 Å². The minimum Gasteiger partial charge on any atom is -0.481 e.